The first kappa shape index (κ1) is 11.6. The lowest BCUT2D eigenvalue weighted by Crippen LogP contribution is -1.95. The number of aromatic amines is 1. The van der Waals surface area contributed by atoms with Gasteiger partial charge in [-0.05, 0) is 18.2 Å². The number of H-pyrrole nitrogens is 1. The minimum Gasteiger partial charge on any atom is -0.493 e. The number of methoxy groups -OCH3 is 1. The van der Waals surface area contributed by atoms with Crippen molar-refractivity contribution in [2.75, 3.05) is 7.11 Å². The smallest absolute Gasteiger partial charge is 0.168 e. The van der Waals surface area contributed by atoms with Crippen LogP contribution in [-0.4, -0.2) is 17.1 Å². The quantitative estimate of drug-likeness (QED) is 0.765. The zero-order chi connectivity index (χ0) is 13.4. The fourth-order valence-corrected chi connectivity index (χ4v) is 2.02. The number of fused-ring (bicyclic) bond motifs is 1. The van der Waals surface area contributed by atoms with Gasteiger partial charge in [-0.2, -0.15) is 0 Å². The Hall–Kier alpha value is -2.43. The fraction of sp³-hybridized carbons (Fsp3) is 0.0714. The maximum absolute atomic E-state index is 13.6. The first-order chi connectivity index (χ1) is 9.19. The highest BCUT2D eigenvalue weighted by Crippen LogP contribution is 2.32. The minimum atomic E-state index is -0.752. The summed E-state index contributed by atoms with van der Waals surface area (Å²) in [6, 6.07) is 9.33. The van der Waals surface area contributed by atoms with Crippen molar-refractivity contribution in [2.24, 2.45) is 0 Å². The van der Waals surface area contributed by atoms with Crippen molar-refractivity contribution in [3.63, 3.8) is 0 Å². The summed E-state index contributed by atoms with van der Waals surface area (Å²) >= 11 is 0. The topological polar surface area (TPSA) is 37.9 Å². The molecule has 0 bridgehead atoms. The number of hydrogen-bond acceptors (Lipinski definition) is 2. The standard InChI is InChI=1S/C14H10F2N2O/c1-19-13-9(6-8(15)7-10(13)16)14-17-11-4-2-3-5-12(11)18-14/h2-7H,1H3,(H,17,18). The molecule has 0 saturated carbocycles. The summed E-state index contributed by atoms with van der Waals surface area (Å²) < 4.78 is 32.0. The van der Waals surface area contributed by atoms with Crippen LogP contribution >= 0.6 is 0 Å². The number of nitrogens with one attached hydrogen (secondary N) is 1. The first-order valence-electron chi connectivity index (χ1n) is 5.67. The average Bonchev–Trinajstić information content (AvgIpc) is 2.81. The number of ether oxygens (including phenoxy) is 1. The van der Waals surface area contributed by atoms with Gasteiger partial charge in [-0.15, -0.1) is 0 Å². The lowest BCUT2D eigenvalue weighted by atomic mass is 10.1. The summed E-state index contributed by atoms with van der Waals surface area (Å²) in [6.45, 7) is 0. The highest BCUT2D eigenvalue weighted by atomic mass is 19.1. The third-order valence-electron chi connectivity index (χ3n) is 2.86. The van der Waals surface area contributed by atoms with Gasteiger partial charge in [0.05, 0.1) is 23.7 Å². The van der Waals surface area contributed by atoms with E-state index >= 15 is 0 Å². The van der Waals surface area contributed by atoms with Crippen LogP contribution in [0.1, 0.15) is 0 Å². The van der Waals surface area contributed by atoms with Gasteiger partial charge in [-0.1, -0.05) is 12.1 Å². The molecule has 0 spiro atoms. The molecule has 0 aliphatic rings. The van der Waals surface area contributed by atoms with E-state index < -0.39 is 11.6 Å². The first-order valence-corrected chi connectivity index (χ1v) is 5.67. The maximum atomic E-state index is 13.6. The van der Waals surface area contributed by atoms with Gasteiger partial charge in [0, 0.05) is 6.07 Å². The number of benzene rings is 2. The largest absolute Gasteiger partial charge is 0.493 e. The Bertz CT molecular complexity index is 719. The second-order valence-electron chi connectivity index (χ2n) is 4.07. The lowest BCUT2D eigenvalue weighted by molar-refractivity contribution is 0.385. The van der Waals surface area contributed by atoms with E-state index in [0.29, 0.717) is 5.82 Å². The van der Waals surface area contributed by atoms with Crippen LogP contribution in [0.4, 0.5) is 8.78 Å². The Kier molecular flexibility index (Phi) is 2.67. The van der Waals surface area contributed by atoms with Crippen LogP contribution in [0, 0.1) is 11.6 Å². The van der Waals surface area contributed by atoms with Gasteiger partial charge < -0.3 is 9.72 Å². The fourth-order valence-electron chi connectivity index (χ4n) is 2.02. The molecule has 5 heteroatoms. The maximum Gasteiger partial charge on any atom is 0.168 e. The Balaban J connectivity index is 2.25. The van der Waals surface area contributed by atoms with E-state index in [1.807, 2.05) is 24.3 Å². The van der Waals surface area contributed by atoms with E-state index in [1.165, 1.54) is 13.2 Å². The molecule has 0 radical (unpaired) electrons. The van der Waals surface area contributed by atoms with Gasteiger partial charge in [-0.3, -0.25) is 0 Å². The molecular formula is C14H10F2N2O. The molecule has 0 aliphatic carbocycles. The number of hydrogen-bond donors (Lipinski definition) is 1. The van der Waals surface area contributed by atoms with Crippen LogP contribution in [0.15, 0.2) is 36.4 Å². The zero-order valence-corrected chi connectivity index (χ0v) is 10.1. The van der Waals surface area contributed by atoms with Crippen molar-refractivity contribution >= 4 is 11.0 Å². The molecule has 19 heavy (non-hydrogen) atoms. The Labute approximate surface area is 107 Å². The number of aromatic nitrogens is 2. The van der Waals surface area contributed by atoms with E-state index in [0.717, 1.165) is 17.1 Å². The number of nitrogens with zero attached hydrogens (tertiary/aromatic N) is 1. The lowest BCUT2D eigenvalue weighted by Gasteiger charge is -2.07. The van der Waals surface area contributed by atoms with Crippen LogP contribution in [0.2, 0.25) is 0 Å². The number of halogens is 2. The van der Waals surface area contributed by atoms with E-state index in [9.17, 15) is 8.78 Å². The number of imidazole rings is 1. The van der Waals surface area contributed by atoms with Gasteiger partial charge in [0.2, 0.25) is 0 Å². The Morgan fingerprint density at radius 3 is 2.68 bits per heavy atom. The summed E-state index contributed by atoms with van der Waals surface area (Å²) in [5, 5.41) is 0. The van der Waals surface area contributed by atoms with Crippen molar-refractivity contribution in [3.8, 4) is 17.1 Å². The van der Waals surface area contributed by atoms with Crippen molar-refractivity contribution in [3.05, 3.63) is 48.0 Å². The highest BCUT2D eigenvalue weighted by molar-refractivity contribution is 5.80. The van der Waals surface area contributed by atoms with Gasteiger partial charge >= 0.3 is 0 Å². The van der Waals surface area contributed by atoms with Crippen molar-refractivity contribution in [1.29, 1.82) is 0 Å². The van der Waals surface area contributed by atoms with Gasteiger partial charge in [-0.25, -0.2) is 13.8 Å². The molecule has 0 aliphatic heterocycles. The molecule has 0 saturated heterocycles. The second kappa shape index (κ2) is 4.35. The average molecular weight is 260 g/mol. The molecule has 96 valence electrons. The predicted molar refractivity (Wildman–Crippen MR) is 68.0 cm³/mol. The normalized spacial score (nSPS) is 10.9. The minimum absolute atomic E-state index is 0.0274. The Morgan fingerprint density at radius 1 is 1.16 bits per heavy atom. The summed E-state index contributed by atoms with van der Waals surface area (Å²) in [7, 11) is 1.34. The van der Waals surface area contributed by atoms with E-state index in [4.69, 9.17) is 4.74 Å². The summed E-state index contributed by atoms with van der Waals surface area (Å²) in [5.41, 5.74) is 1.78. The van der Waals surface area contributed by atoms with Crippen molar-refractivity contribution in [2.45, 2.75) is 0 Å². The molecule has 3 nitrogen and oxygen atoms in total. The van der Waals surface area contributed by atoms with Crippen molar-refractivity contribution in [1.82, 2.24) is 9.97 Å². The van der Waals surface area contributed by atoms with E-state index in [-0.39, 0.29) is 11.3 Å². The molecule has 2 aromatic carbocycles. The van der Waals surface area contributed by atoms with Gasteiger partial charge in [0.15, 0.2) is 11.6 Å². The van der Waals surface area contributed by atoms with E-state index in [1.54, 1.807) is 0 Å². The molecule has 1 heterocycles. The van der Waals surface area contributed by atoms with Gasteiger partial charge in [0.1, 0.15) is 11.6 Å². The molecule has 0 unspecified atom stereocenters. The third-order valence-corrected chi connectivity index (χ3v) is 2.86. The molecule has 3 aromatic rings. The SMILES string of the molecule is COc1c(F)cc(F)cc1-c1nc2ccccc2[nH]1. The second-order valence-corrected chi connectivity index (χ2v) is 4.07. The molecule has 1 aromatic heterocycles. The van der Waals surface area contributed by atoms with Gasteiger partial charge in [0.25, 0.3) is 0 Å². The zero-order valence-electron chi connectivity index (χ0n) is 10.1. The summed E-state index contributed by atoms with van der Waals surface area (Å²) in [5.74, 6) is -1.08. The van der Waals surface area contributed by atoms with Crippen LogP contribution in [0.3, 0.4) is 0 Å². The van der Waals surface area contributed by atoms with Crippen LogP contribution in [0.5, 0.6) is 5.75 Å². The van der Waals surface area contributed by atoms with E-state index in [2.05, 4.69) is 9.97 Å². The van der Waals surface area contributed by atoms with Crippen LogP contribution in [0.25, 0.3) is 22.4 Å². The Morgan fingerprint density at radius 2 is 1.95 bits per heavy atom. The molecule has 0 fully saturated rings. The summed E-state index contributed by atoms with van der Waals surface area (Å²) in [6.07, 6.45) is 0. The van der Waals surface area contributed by atoms with Crippen LogP contribution in [-0.2, 0) is 0 Å². The molecule has 3 rings (SSSR count). The molecule has 0 atom stereocenters. The van der Waals surface area contributed by atoms with Crippen LogP contribution < -0.4 is 4.74 Å². The number of rotatable bonds is 2. The highest BCUT2D eigenvalue weighted by Gasteiger charge is 2.16. The molecule has 1 N–H and O–H groups in total. The summed E-state index contributed by atoms with van der Waals surface area (Å²) in [4.78, 5) is 7.32. The molecule has 0 amide bonds. The third kappa shape index (κ3) is 1.93. The molecular weight excluding hydrogens is 250 g/mol. The number of para-hydroxylation sites is 2. The van der Waals surface area contributed by atoms with Crippen molar-refractivity contribution < 1.29 is 13.5 Å². The monoisotopic (exact) mass is 260 g/mol. The predicted octanol–water partition coefficient (Wildman–Crippen LogP) is 3.52.